The normalized spacial score (nSPS) is 17.7. The number of tetrazole rings is 1. The van der Waals surface area contributed by atoms with Crippen LogP contribution in [0.4, 0.5) is 0 Å². The smallest absolute Gasteiger partial charge is 0.248 e. The van der Waals surface area contributed by atoms with E-state index in [0.717, 1.165) is 75.6 Å². The second-order valence-electron chi connectivity index (χ2n) is 10.2. The van der Waals surface area contributed by atoms with E-state index in [2.05, 4.69) is 25.6 Å². The maximum absolute atomic E-state index is 13.8. The molecule has 3 aromatic heterocycles. The molecule has 5 rings (SSSR count). The van der Waals surface area contributed by atoms with Gasteiger partial charge in [-0.15, -0.1) is 21.5 Å². The molecule has 12 heteroatoms. The number of aromatic nitrogens is 4. The Hall–Kier alpha value is -3.09. The number of carbonyl (C=O) groups excluding carboxylic acids is 2. The van der Waals surface area contributed by atoms with Gasteiger partial charge in [0.25, 0.3) is 0 Å². The number of morpholine rings is 1. The van der Waals surface area contributed by atoms with Gasteiger partial charge < -0.3 is 19.4 Å². The Kier molecular flexibility index (Phi) is 9.38. The van der Waals surface area contributed by atoms with Crippen molar-refractivity contribution in [3.05, 3.63) is 40.3 Å². The third-order valence-electron chi connectivity index (χ3n) is 7.31. The molecular formula is C27H37N7O4S. The molecule has 2 aliphatic rings. The highest BCUT2D eigenvalue weighted by Crippen LogP contribution is 2.28. The number of amides is 2. The highest BCUT2D eigenvalue weighted by atomic mass is 32.1. The lowest BCUT2D eigenvalue weighted by Gasteiger charge is -2.33. The van der Waals surface area contributed by atoms with E-state index in [1.807, 2.05) is 30.5 Å². The van der Waals surface area contributed by atoms with Crippen molar-refractivity contribution in [1.29, 1.82) is 0 Å². The third-order valence-corrected chi connectivity index (χ3v) is 8.24. The lowest BCUT2D eigenvalue weighted by atomic mass is 9.95. The van der Waals surface area contributed by atoms with E-state index in [9.17, 15) is 9.59 Å². The molecule has 1 aliphatic carbocycles. The zero-order chi connectivity index (χ0) is 27.0. The fourth-order valence-corrected chi connectivity index (χ4v) is 6.10. The molecule has 1 N–H and O–H groups in total. The van der Waals surface area contributed by atoms with E-state index in [0.29, 0.717) is 18.1 Å². The zero-order valence-corrected chi connectivity index (χ0v) is 23.3. The summed E-state index contributed by atoms with van der Waals surface area (Å²) in [4.78, 5) is 33.8. The van der Waals surface area contributed by atoms with Gasteiger partial charge >= 0.3 is 0 Å². The fourth-order valence-electron chi connectivity index (χ4n) is 5.26. The standard InChI is InChI=1S/C27H37N7O4S/c1-20-10-11-22(38-20)26-29-31-34(30-26)19-24(35)33(13-6-12-32-14-16-37-17-15-32)25(23-9-5-18-39-23)27(36)28-21-7-3-2-4-8-21/h5,9-11,18,21,25H,2-4,6-8,12-17,19H2,1H3,(H,28,36)/t25-/m0/s1. The van der Waals surface area contributed by atoms with Gasteiger partial charge in [-0.05, 0) is 55.0 Å². The van der Waals surface area contributed by atoms with E-state index in [4.69, 9.17) is 9.15 Å². The lowest BCUT2D eigenvalue weighted by molar-refractivity contribution is -0.142. The topological polar surface area (TPSA) is 119 Å². The molecule has 3 aromatic rings. The molecule has 39 heavy (non-hydrogen) atoms. The van der Waals surface area contributed by atoms with Crippen LogP contribution in [-0.2, 0) is 20.9 Å². The second-order valence-corrected chi connectivity index (χ2v) is 11.2. The number of carbonyl (C=O) groups is 2. The van der Waals surface area contributed by atoms with Gasteiger partial charge in [0.2, 0.25) is 17.6 Å². The number of nitrogens with zero attached hydrogens (tertiary/aromatic N) is 6. The second kappa shape index (κ2) is 13.3. The van der Waals surface area contributed by atoms with Crippen molar-refractivity contribution >= 4 is 23.2 Å². The molecule has 1 saturated heterocycles. The molecule has 0 aromatic carbocycles. The van der Waals surface area contributed by atoms with Gasteiger partial charge in [0.05, 0.1) is 13.2 Å². The Balaban J connectivity index is 1.34. The first-order chi connectivity index (χ1) is 19.1. The van der Waals surface area contributed by atoms with Crippen LogP contribution in [0.5, 0.6) is 0 Å². The molecule has 1 atom stereocenters. The summed E-state index contributed by atoms with van der Waals surface area (Å²) in [5.74, 6) is 1.21. The summed E-state index contributed by atoms with van der Waals surface area (Å²) in [6.45, 7) is 6.19. The van der Waals surface area contributed by atoms with Crippen LogP contribution in [0.1, 0.15) is 55.2 Å². The Morgan fingerprint density at radius 2 is 2.00 bits per heavy atom. The van der Waals surface area contributed by atoms with Crippen molar-refractivity contribution < 1.29 is 18.7 Å². The van der Waals surface area contributed by atoms with E-state index in [-0.39, 0.29) is 24.4 Å². The quantitative estimate of drug-likeness (QED) is 0.384. The van der Waals surface area contributed by atoms with Gasteiger partial charge in [0.15, 0.2) is 5.76 Å². The molecule has 0 spiro atoms. The molecule has 1 aliphatic heterocycles. The Morgan fingerprint density at radius 1 is 1.18 bits per heavy atom. The number of thiophene rings is 1. The minimum atomic E-state index is -0.708. The van der Waals surface area contributed by atoms with Crippen LogP contribution in [0, 0.1) is 6.92 Å². The van der Waals surface area contributed by atoms with Gasteiger partial charge in [-0.2, -0.15) is 4.80 Å². The number of ether oxygens (including phenoxy) is 1. The Labute approximate surface area is 232 Å². The van der Waals surface area contributed by atoms with E-state index < -0.39 is 6.04 Å². The van der Waals surface area contributed by atoms with Crippen molar-refractivity contribution in [2.24, 2.45) is 0 Å². The predicted molar refractivity (Wildman–Crippen MR) is 146 cm³/mol. The SMILES string of the molecule is Cc1ccc(-c2nnn(CC(=O)N(CCCN3CCOCC3)[C@H](C(=O)NC3CCCCC3)c3cccs3)n2)o1. The largest absolute Gasteiger partial charge is 0.458 e. The number of furan rings is 1. The summed E-state index contributed by atoms with van der Waals surface area (Å²) < 4.78 is 11.1. The number of rotatable bonds is 11. The summed E-state index contributed by atoms with van der Waals surface area (Å²) >= 11 is 1.49. The number of nitrogens with one attached hydrogen (secondary N) is 1. The highest BCUT2D eigenvalue weighted by Gasteiger charge is 2.34. The summed E-state index contributed by atoms with van der Waals surface area (Å²) in [7, 11) is 0. The predicted octanol–water partition coefficient (Wildman–Crippen LogP) is 3.04. The first-order valence-electron chi connectivity index (χ1n) is 13.8. The first kappa shape index (κ1) is 27.5. The van der Waals surface area contributed by atoms with Crippen LogP contribution in [0.15, 0.2) is 34.1 Å². The van der Waals surface area contributed by atoms with Crippen LogP contribution in [0.3, 0.4) is 0 Å². The van der Waals surface area contributed by atoms with Gasteiger partial charge in [-0.1, -0.05) is 25.3 Å². The molecule has 0 unspecified atom stereocenters. The van der Waals surface area contributed by atoms with Gasteiger partial charge in [0.1, 0.15) is 18.3 Å². The zero-order valence-electron chi connectivity index (χ0n) is 22.5. The first-order valence-corrected chi connectivity index (χ1v) is 14.7. The Morgan fingerprint density at radius 3 is 2.72 bits per heavy atom. The average molecular weight is 556 g/mol. The summed E-state index contributed by atoms with van der Waals surface area (Å²) in [6, 6.07) is 6.90. The molecule has 4 heterocycles. The summed E-state index contributed by atoms with van der Waals surface area (Å²) in [6.07, 6.45) is 6.14. The molecule has 2 amide bonds. The van der Waals surface area contributed by atoms with Crippen LogP contribution in [0.2, 0.25) is 0 Å². The maximum atomic E-state index is 13.8. The van der Waals surface area contributed by atoms with E-state index >= 15 is 0 Å². The van der Waals surface area contributed by atoms with Crippen molar-refractivity contribution in [2.45, 2.75) is 64.1 Å². The van der Waals surface area contributed by atoms with E-state index in [1.165, 1.54) is 22.6 Å². The molecule has 11 nitrogen and oxygen atoms in total. The van der Waals surface area contributed by atoms with Crippen molar-refractivity contribution in [1.82, 2.24) is 35.3 Å². The van der Waals surface area contributed by atoms with Gasteiger partial charge in [0, 0.05) is 37.1 Å². The molecule has 0 radical (unpaired) electrons. The summed E-state index contributed by atoms with van der Waals surface area (Å²) in [5, 5.41) is 17.7. The molecule has 1 saturated carbocycles. The number of hydrogen-bond donors (Lipinski definition) is 1. The summed E-state index contributed by atoms with van der Waals surface area (Å²) in [5.41, 5.74) is 0. The van der Waals surface area contributed by atoms with E-state index in [1.54, 1.807) is 11.0 Å². The number of hydrogen-bond acceptors (Lipinski definition) is 9. The molecule has 0 bridgehead atoms. The lowest BCUT2D eigenvalue weighted by Crippen LogP contribution is -2.48. The minimum Gasteiger partial charge on any atom is -0.458 e. The molecule has 2 fully saturated rings. The van der Waals surface area contributed by atoms with Crippen LogP contribution < -0.4 is 5.32 Å². The maximum Gasteiger partial charge on any atom is 0.248 e. The molecular weight excluding hydrogens is 518 g/mol. The molecule has 210 valence electrons. The minimum absolute atomic E-state index is 0.122. The average Bonchev–Trinajstić information content (AvgIpc) is 3.72. The van der Waals surface area contributed by atoms with Crippen molar-refractivity contribution in [3.8, 4) is 11.6 Å². The number of aryl methyl sites for hydroxylation is 1. The van der Waals surface area contributed by atoms with Crippen molar-refractivity contribution in [2.75, 3.05) is 39.4 Å². The van der Waals surface area contributed by atoms with Crippen molar-refractivity contribution in [3.63, 3.8) is 0 Å². The van der Waals surface area contributed by atoms with Crippen LogP contribution >= 0.6 is 11.3 Å². The third kappa shape index (κ3) is 7.31. The fraction of sp³-hybridized carbons (Fsp3) is 0.593. The van der Waals surface area contributed by atoms with Gasteiger partial charge in [-0.3, -0.25) is 14.5 Å². The Bertz CT molecular complexity index is 1200. The van der Waals surface area contributed by atoms with Crippen LogP contribution in [-0.4, -0.2) is 87.3 Å². The monoisotopic (exact) mass is 555 g/mol. The van der Waals surface area contributed by atoms with Crippen LogP contribution in [0.25, 0.3) is 11.6 Å². The van der Waals surface area contributed by atoms with Gasteiger partial charge in [-0.25, -0.2) is 0 Å². The highest BCUT2D eigenvalue weighted by molar-refractivity contribution is 7.10.